The molecule has 1 unspecified atom stereocenters. The first-order chi connectivity index (χ1) is 9.88. The maximum atomic E-state index is 13.2. The molecule has 1 aromatic heterocycles. The van der Waals surface area contributed by atoms with Gasteiger partial charge in [0, 0.05) is 18.7 Å². The molecule has 1 atom stereocenters. The van der Waals surface area contributed by atoms with Crippen LogP contribution in [0.1, 0.15) is 23.4 Å². The van der Waals surface area contributed by atoms with Crippen LogP contribution in [0.4, 0.5) is 18.3 Å². The molecule has 7 heteroatoms. The predicted molar refractivity (Wildman–Crippen MR) is 79.6 cm³/mol. The minimum Gasteiger partial charge on any atom is -0.365 e. The second kappa shape index (κ2) is 6.03. The molecule has 0 bridgehead atoms. The first-order valence-electron chi connectivity index (χ1n) is 6.40. The highest BCUT2D eigenvalue weighted by Gasteiger charge is 2.35. The normalized spacial score (nSPS) is 13.2. The van der Waals surface area contributed by atoms with Gasteiger partial charge in [-0.3, -0.25) is 0 Å². The molecule has 2 aromatic rings. The minimum atomic E-state index is -4.40. The number of benzene rings is 1. The molecule has 0 saturated carbocycles. The zero-order valence-corrected chi connectivity index (χ0v) is 12.7. The molecule has 3 nitrogen and oxygen atoms in total. The number of alkyl halides is 3. The van der Waals surface area contributed by atoms with E-state index in [-0.39, 0.29) is 11.6 Å². The first kappa shape index (κ1) is 15.8. The molecule has 0 radical (unpaired) electrons. The van der Waals surface area contributed by atoms with Gasteiger partial charge in [0.25, 0.3) is 0 Å². The summed E-state index contributed by atoms with van der Waals surface area (Å²) in [5, 5.41) is 6.54. The van der Waals surface area contributed by atoms with Crippen molar-refractivity contribution in [3.05, 3.63) is 34.7 Å². The van der Waals surface area contributed by atoms with Crippen molar-refractivity contribution in [2.45, 2.75) is 19.1 Å². The van der Waals surface area contributed by atoms with Crippen molar-refractivity contribution in [1.29, 1.82) is 0 Å². The van der Waals surface area contributed by atoms with E-state index in [2.05, 4.69) is 15.6 Å². The average molecular weight is 315 g/mol. The third-order valence-electron chi connectivity index (χ3n) is 3.18. The summed E-state index contributed by atoms with van der Waals surface area (Å²) in [6.45, 7) is 1.90. The Kier molecular flexibility index (Phi) is 4.53. The van der Waals surface area contributed by atoms with Crippen molar-refractivity contribution in [1.82, 2.24) is 10.3 Å². The summed E-state index contributed by atoms with van der Waals surface area (Å²) in [4.78, 5) is 5.09. The lowest BCUT2D eigenvalue weighted by Gasteiger charge is -2.14. The van der Waals surface area contributed by atoms with Gasteiger partial charge in [0.15, 0.2) is 5.13 Å². The highest BCUT2D eigenvalue weighted by molar-refractivity contribution is 7.16. The van der Waals surface area contributed by atoms with Gasteiger partial charge in [-0.05, 0) is 20.0 Å². The maximum absolute atomic E-state index is 13.2. The van der Waals surface area contributed by atoms with E-state index in [1.54, 1.807) is 20.2 Å². The van der Waals surface area contributed by atoms with Crippen LogP contribution in [-0.4, -0.2) is 19.1 Å². The van der Waals surface area contributed by atoms with Crippen LogP contribution >= 0.6 is 11.3 Å². The molecule has 0 spiro atoms. The number of anilines is 1. The van der Waals surface area contributed by atoms with Crippen molar-refractivity contribution >= 4 is 16.5 Å². The number of aromatic nitrogens is 1. The van der Waals surface area contributed by atoms with Gasteiger partial charge in [0.05, 0.1) is 16.1 Å². The van der Waals surface area contributed by atoms with E-state index in [0.717, 1.165) is 10.9 Å². The Labute approximate surface area is 125 Å². The molecule has 114 valence electrons. The molecule has 0 aliphatic carbocycles. The van der Waals surface area contributed by atoms with Crippen LogP contribution in [0.2, 0.25) is 0 Å². The Morgan fingerprint density at radius 2 is 1.86 bits per heavy atom. The fourth-order valence-electron chi connectivity index (χ4n) is 1.99. The highest BCUT2D eigenvalue weighted by Crippen LogP contribution is 2.41. The fraction of sp³-hybridized carbons (Fsp3) is 0.357. The largest absolute Gasteiger partial charge is 0.417 e. The van der Waals surface area contributed by atoms with Crippen molar-refractivity contribution in [3.8, 4) is 11.3 Å². The van der Waals surface area contributed by atoms with Crippen molar-refractivity contribution in [2.75, 3.05) is 19.4 Å². The van der Waals surface area contributed by atoms with Crippen LogP contribution in [0.25, 0.3) is 11.3 Å². The smallest absolute Gasteiger partial charge is 0.365 e. The molecule has 21 heavy (non-hydrogen) atoms. The lowest BCUT2D eigenvalue weighted by atomic mass is 10.0. The number of thiazole rings is 1. The molecule has 1 aromatic carbocycles. The molecule has 2 rings (SSSR count). The number of halogens is 3. The van der Waals surface area contributed by atoms with E-state index in [9.17, 15) is 13.2 Å². The summed E-state index contributed by atoms with van der Waals surface area (Å²) >= 11 is 1.35. The lowest BCUT2D eigenvalue weighted by molar-refractivity contribution is -0.137. The molecule has 2 N–H and O–H groups in total. The molecule has 0 saturated heterocycles. The van der Waals surface area contributed by atoms with Gasteiger partial charge in [0.1, 0.15) is 0 Å². The fourth-order valence-corrected chi connectivity index (χ4v) is 2.99. The second-order valence-electron chi connectivity index (χ2n) is 4.54. The third kappa shape index (κ3) is 3.19. The van der Waals surface area contributed by atoms with Gasteiger partial charge in [0.2, 0.25) is 0 Å². The summed E-state index contributed by atoms with van der Waals surface area (Å²) < 4.78 is 39.5. The average Bonchev–Trinajstić information content (AvgIpc) is 2.89. The van der Waals surface area contributed by atoms with Gasteiger partial charge in [-0.2, -0.15) is 13.2 Å². The van der Waals surface area contributed by atoms with Crippen molar-refractivity contribution in [2.24, 2.45) is 0 Å². The minimum absolute atomic E-state index is 0.0825. The maximum Gasteiger partial charge on any atom is 0.417 e. The van der Waals surface area contributed by atoms with E-state index in [1.165, 1.54) is 23.5 Å². The summed E-state index contributed by atoms with van der Waals surface area (Å²) in [6, 6.07) is 5.45. The van der Waals surface area contributed by atoms with E-state index >= 15 is 0 Å². The Morgan fingerprint density at radius 3 is 2.43 bits per heavy atom. The quantitative estimate of drug-likeness (QED) is 0.890. The van der Waals surface area contributed by atoms with Crippen LogP contribution in [0.5, 0.6) is 0 Å². The predicted octanol–water partition coefficient (Wildman–Crippen LogP) is 4.15. The highest BCUT2D eigenvalue weighted by atomic mass is 32.1. The Hall–Kier alpha value is -1.60. The van der Waals surface area contributed by atoms with Crippen LogP contribution in [0, 0.1) is 0 Å². The molecule has 1 heterocycles. The van der Waals surface area contributed by atoms with Gasteiger partial charge < -0.3 is 10.6 Å². The number of hydrogen-bond acceptors (Lipinski definition) is 4. The summed E-state index contributed by atoms with van der Waals surface area (Å²) in [5.74, 6) is 0. The molecule has 0 aliphatic rings. The molecular weight excluding hydrogens is 299 g/mol. The zero-order valence-electron chi connectivity index (χ0n) is 11.9. The second-order valence-corrected chi connectivity index (χ2v) is 5.57. The van der Waals surface area contributed by atoms with Crippen LogP contribution in [0.15, 0.2) is 24.3 Å². The number of nitrogens with zero attached hydrogens (tertiary/aromatic N) is 1. The van der Waals surface area contributed by atoms with Crippen molar-refractivity contribution < 1.29 is 13.2 Å². The Balaban J connectivity index is 2.64. The third-order valence-corrected chi connectivity index (χ3v) is 4.44. The number of rotatable bonds is 4. The topological polar surface area (TPSA) is 37.0 Å². The van der Waals surface area contributed by atoms with E-state index in [0.29, 0.717) is 10.8 Å². The number of hydrogen-bond donors (Lipinski definition) is 2. The first-order valence-corrected chi connectivity index (χ1v) is 7.22. The van der Waals surface area contributed by atoms with E-state index < -0.39 is 11.7 Å². The van der Waals surface area contributed by atoms with Gasteiger partial charge in [-0.1, -0.05) is 29.5 Å². The van der Waals surface area contributed by atoms with Gasteiger partial charge >= 0.3 is 6.18 Å². The van der Waals surface area contributed by atoms with Crippen LogP contribution in [0.3, 0.4) is 0 Å². The Morgan fingerprint density at radius 1 is 1.19 bits per heavy atom. The monoisotopic (exact) mass is 315 g/mol. The Bertz CT molecular complexity index is 622. The summed E-state index contributed by atoms with van der Waals surface area (Å²) in [7, 11) is 3.47. The summed E-state index contributed by atoms with van der Waals surface area (Å²) in [6.07, 6.45) is -4.40. The van der Waals surface area contributed by atoms with Crippen LogP contribution < -0.4 is 10.6 Å². The van der Waals surface area contributed by atoms with Crippen LogP contribution in [-0.2, 0) is 6.18 Å². The van der Waals surface area contributed by atoms with Gasteiger partial charge in [-0.15, -0.1) is 0 Å². The molecule has 0 fully saturated rings. The summed E-state index contributed by atoms with van der Waals surface area (Å²) in [5.41, 5.74) is -0.179. The standard InChI is InChI=1S/C14H16F3N3S/c1-8(18-2)12-11(20-13(19-3)21-12)9-6-4-5-7-10(9)14(15,16)17/h4-8,18H,1-3H3,(H,19,20). The van der Waals surface area contributed by atoms with E-state index in [4.69, 9.17) is 0 Å². The zero-order chi connectivity index (χ0) is 15.6. The SMILES string of the molecule is CNc1nc(-c2ccccc2C(F)(F)F)c(C(C)NC)s1. The molecule has 0 aliphatic heterocycles. The van der Waals surface area contributed by atoms with E-state index in [1.807, 2.05) is 6.92 Å². The lowest BCUT2D eigenvalue weighted by Crippen LogP contribution is -2.13. The molecular formula is C14H16F3N3S. The number of nitrogens with one attached hydrogen (secondary N) is 2. The molecule has 0 amide bonds. The van der Waals surface area contributed by atoms with Crippen molar-refractivity contribution in [3.63, 3.8) is 0 Å². The van der Waals surface area contributed by atoms with Gasteiger partial charge in [-0.25, -0.2) is 4.98 Å².